The van der Waals surface area contributed by atoms with E-state index < -0.39 is 12.0 Å². The Bertz CT molecular complexity index is 1720. The van der Waals surface area contributed by atoms with Crippen LogP contribution in [0.1, 0.15) is 39.8 Å². The van der Waals surface area contributed by atoms with Gasteiger partial charge in [0.1, 0.15) is 23.5 Å². The number of nitrogens with one attached hydrogen (secondary N) is 2. The summed E-state index contributed by atoms with van der Waals surface area (Å²) in [5.41, 5.74) is 3.79. The molecule has 2 atom stereocenters. The quantitative estimate of drug-likeness (QED) is 0.142. The van der Waals surface area contributed by atoms with Crippen molar-refractivity contribution in [3.63, 3.8) is 0 Å². The highest BCUT2D eigenvalue weighted by Gasteiger charge is 2.42. The zero-order valence-electron chi connectivity index (χ0n) is 25.5. The first-order valence-corrected chi connectivity index (χ1v) is 14.8. The first kappa shape index (κ1) is 31.8. The maximum atomic E-state index is 13.8. The Morgan fingerprint density at radius 1 is 0.783 bits per heavy atom. The van der Waals surface area contributed by atoms with Gasteiger partial charge in [-0.05, 0) is 89.7 Å². The van der Waals surface area contributed by atoms with Crippen LogP contribution in [0.5, 0.6) is 34.5 Å². The number of aromatic hydroxyl groups is 3. The average molecular weight is 625 g/mol. The fourth-order valence-electron chi connectivity index (χ4n) is 5.35. The van der Waals surface area contributed by atoms with Crippen molar-refractivity contribution in [1.29, 1.82) is 0 Å². The molecule has 0 fully saturated rings. The third kappa shape index (κ3) is 7.52. The zero-order valence-corrected chi connectivity index (χ0v) is 25.5. The predicted octanol–water partition coefficient (Wildman–Crippen LogP) is 4.77. The molecule has 0 saturated heterocycles. The summed E-state index contributed by atoms with van der Waals surface area (Å²) in [7, 11) is 2.95. The van der Waals surface area contributed by atoms with Crippen molar-refractivity contribution in [3.05, 3.63) is 113 Å². The number of amides is 2. The van der Waals surface area contributed by atoms with Crippen molar-refractivity contribution >= 4 is 17.9 Å². The number of benzene rings is 4. The minimum Gasteiger partial charge on any atom is -0.508 e. The van der Waals surface area contributed by atoms with Crippen molar-refractivity contribution in [2.45, 2.75) is 24.9 Å². The van der Waals surface area contributed by atoms with Gasteiger partial charge in [-0.3, -0.25) is 9.59 Å². The van der Waals surface area contributed by atoms with Crippen LogP contribution in [-0.2, 0) is 22.4 Å². The molecule has 10 heteroatoms. The second-order valence-electron chi connectivity index (χ2n) is 10.8. The lowest BCUT2D eigenvalue weighted by atomic mass is 9.89. The highest BCUT2D eigenvalue weighted by molar-refractivity contribution is 5.92. The number of ether oxygens (including phenoxy) is 3. The van der Waals surface area contributed by atoms with Crippen LogP contribution < -0.4 is 24.8 Å². The number of hydrogen-bond acceptors (Lipinski definition) is 8. The van der Waals surface area contributed by atoms with E-state index in [-0.39, 0.29) is 34.8 Å². The van der Waals surface area contributed by atoms with Gasteiger partial charge in [-0.1, -0.05) is 30.3 Å². The summed E-state index contributed by atoms with van der Waals surface area (Å²) in [5.74, 6) is 0.0356. The third-order valence-electron chi connectivity index (χ3n) is 7.75. The van der Waals surface area contributed by atoms with E-state index in [1.54, 1.807) is 78.9 Å². The highest BCUT2D eigenvalue weighted by Crippen LogP contribution is 2.51. The zero-order chi connectivity index (χ0) is 32.6. The molecule has 10 nitrogen and oxygen atoms in total. The number of rotatable bonds is 12. The third-order valence-corrected chi connectivity index (χ3v) is 7.75. The van der Waals surface area contributed by atoms with E-state index in [0.717, 1.165) is 11.1 Å². The number of methoxy groups -OCH3 is 2. The van der Waals surface area contributed by atoms with Crippen molar-refractivity contribution in [2.75, 3.05) is 27.3 Å². The van der Waals surface area contributed by atoms with Crippen LogP contribution in [0.25, 0.3) is 6.08 Å². The van der Waals surface area contributed by atoms with E-state index in [2.05, 4.69) is 10.6 Å². The fraction of sp³-hybridized carbons (Fsp3) is 0.222. The number of phenols is 3. The number of hydrogen-bond donors (Lipinski definition) is 5. The van der Waals surface area contributed by atoms with E-state index in [9.17, 15) is 24.9 Å². The Labute approximate surface area is 266 Å². The van der Waals surface area contributed by atoms with Gasteiger partial charge in [0.05, 0.1) is 14.2 Å². The van der Waals surface area contributed by atoms with Gasteiger partial charge >= 0.3 is 0 Å². The summed E-state index contributed by atoms with van der Waals surface area (Å²) in [5, 5.41) is 35.1. The van der Waals surface area contributed by atoms with E-state index >= 15 is 0 Å². The molecule has 0 unspecified atom stereocenters. The first-order chi connectivity index (χ1) is 22.2. The molecule has 238 valence electrons. The Morgan fingerprint density at radius 2 is 1.39 bits per heavy atom. The Morgan fingerprint density at radius 3 is 2.00 bits per heavy atom. The molecule has 1 aliphatic rings. The normalized spacial score (nSPS) is 15.2. The monoisotopic (exact) mass is 624 g/mol. The van der Waals surface area contributed by atoms with Crippen LogP contribution in [0.2, 0.25) is 0 Å². The van der Waals surface area contributed by atoms with E-state index in [4.69, 9.17) is 14.2 Å². The number of carbonyl (C=O) groups is 2. The summed E-state index contributed by atoms with van der Waals surface area (Å²) in [6.07, 6.45) is 3.47. The number of fused-ring (bicyclic) bond motifs is 1. The molecule has 0 saturated carbocycles. The molecule has 1 aliphatic heterocycles. The minimum atomic E-state index is -0.787. The molecule has 0 aliphatic carbocycles. The second-order valence-corrected chi connectivity index (χ2v) is 10.8. The van der Waals surface area contributed by atoms with E-state index in [1.165, 1.54) is 26.4 Å². The standard InChI is InChI=1S/C36H36N2O8/c1-44-30-21-25(8-13-29(30)41)34-33(36(43)38-18-16-23-5-11-27(40)12-6-23)28-19-24(20-31(45-2)35(28)46-34)7-14-32(42)37-17-15-22-3-9-26(39)10-4-22/h3-14,19-21,33-34,39-41H,15-18H2,1-2H3,(H,37,42)(H,38,43)/t33-,34+/m0/s1. The molecular weight excluding hydrogens is 588 g/mol. The molecule has 2 amide bonds. The molecule has 5 N–H and O–H groups in total. The maximum Gasteiger partial charge on any atom is 0.244 e. The molecule has 0 bridgehead atoms. The summed E-state index contributed by atoms with van der Waals surface area (Å²) in [4.78, 5) is 26.4. The lowest BCUT2D eigenvalue weighted by molar-refractivity contribution is -0.124. The first-order valence-electron chi connectivity index (χ1n) is 14.8. The molecule has 4 aromatic rings. The summed E-state index contributed by atoms with van der Waals surface area (Å²) in [6, 6.07) is 22.0. The highest BCUT2D eigenvalue weighted by atomic mass is 16.5. The molecule has 0 aromatic heterocycles. The smallest absolute Gasteiger partial charge is 0.244 e. The molecule has 1 heterocycles. The Balaban J connectivity index is 1.37. The van der Waals surface area contributed by atoms with Crippen molar-refractivity contribution in [3.8, 4) is 34.5 Å². The van der Waals surface area contributed by atoms with Gasteiger partial charge in [0, 0.05) is 24.7 Å². The maximum absolute atomic E-state index is 13.8. The minimum absolute atomic E-state index is 0.0389. The SMILES string of the molecule is COc1cc([C@H]2Oc3c(OC)cc(C=CC(=O)NCCc4ccc(O)cc4)cc3[C@@H]2C(=O)NCCc2ccc(O)cc2)ccc1O. The summed E-state index contributed by atoms with van der Waals surface area (Å²) < 4.78 is 17.3. The van der Waals surface area contributed by atoms with Gasteiger partial charge in [0.2, 0.25) is 11.8 Å². The molecule has 5 rings (SSSR count). The predicted molar refractivity (Wildman–Crippen MR) is 172 cm³/mol. The second kappa shape index (κ2) is 14.4. The van der Waals surface area contributed by atoms with E-state index in [1.807, 2.05) is 0 Å². The number of carbonyl (C=O) groups excluding carboxylic acids is 2. The van der Waals surface area contributed by atoms with Gasteiger partial charge in [-0.2, -0.15) is 0 Å². The van der Waals surface area contributed by atoms with Crippen LogP contribution in [0.4, 0.5) is 0 Å². The summed E-state index contributed by atoms with van der Waals surface area (Å²) in [6.45, 7) is 0.765. The van der Waals surface area contributed by atoms with Gasteiger partial charge in [0.15, 0.2) is 23.0 Å². The Kier molecular flexibility index (Phi) is 9.97. The van der Waals surface area contributed by atoms with Crippen molar-refractivity contribution in [2.24, 2.45) is 0 Å². The molecule has 4 aromatic carbocycles. The lowest BCUT2D eigenvalue weighted by Crippen LogP contribution is -2.33. The molecule has 46 heavy (non-hydrogen) atoms. The van der Waals surface area contributed by atoms with Crippen LogP contribution >= 0.6 is 0 Å². The Hall–Kier alpha value is -5.64. The van der Waals surface area contributed by atoms with Crippen LogP contribution in [0.3, 0.4) is 0 Å². The molecule has 0 spiro atoms. The summed E-state index contributed by atoms with van der Waals surface area (Å²) >= 11 is 0. The lowest BCUT2D eigenvalue weighted by Gasteiger charge is -2.20. The van der Waals surface area contributed by atoms with Crippen LogP contribution in [-0.4, -0.2) is 54.4 Å². The van der Waals surface area contributed by atoms with Crippen LogP contribution in [0, 0.1) is 0 Å². The number of phenolic OH excluding ortho intramolecular Hbond substituents is 3. The van der Waals surface area contributed by atoms with Gasteiger partial charge < -0.3 is 40.2 Å². The van der Waals surface area contributed by atoms with Gasteiger partial charge in [-0.15, -0.1) is 0 Å². The molecule has 0 radical (unpaired) electrons. The van der Waals surface area contributed by atoms with Crippen LogP contribution in [0.15, 0.2) is 84.9 Å². The molecular formula is C36H36N2O8. The van der Waals surface area contributed by atoms with Gasteiger partial charge in [-0.25, -0.2) is 0 Å². The van der Waals surface area contributed by atoms with Crippen molar-refractivity contribution < 1.29 is 39.1 Å². The largest absolute Gasteiger partial charge is 0.508 e. The topological polar surface area (TPSA) is 147 Å². The van der Waals surface area contributed by atoms with Crippen molar-refractivity contribution in [1.82, 2.24) is 10.6 Å². The van der Waals surface area contributed by atoms with E-state index in [0.29, 0.717) is 54.1 Å². The van der Waals surface area contributed by atoms with Gasteiger partial charge in [0.25, 0.3) is 0 Å². The fourth-order valence-corrected chi connectivity index (χ4v) is 5.35. The average Bonchev–Trinajstić information content (AvgIpc) is 3.45.